The highest BCUT2D eigenvalue weighted by molar-refractivity contribution is 6.89. The van der Waals surface area contributed by atoms with E-state index in [0.717, 1.165) is 18.6 Å². The summed E-state index contributed by atoms with van der Waals surface area (Å²) in [5.74, 6) is 0.970. The summed E-state index contributed by atoms with van der Waals surface area (Å²) in [5, 5.41) is 19.8. The minimum atomic E-state index is -1.37. The molecule has 1 aromatic carbocycles. The van der Waals surface area contributed by atoms with E-state index in [2.05, 4.69) is 31.3 Å². The van der Waals surface area contributed by atoms with Gasteiger partial charge in [-0.15, -0.1) is 12.4 Å². The molecular formula is C22H42ClNO3Si. The van der Waals surface area contributed by atoms with Crippen LogP contribution in [0.1, 0.15) is 57.8 Å². The van der Waals surface area contributed by atoms with Gasteiger partial charge in [0.2, 0.25) is 0 Å². The number of aliphatic hydroxyl groups excluding tert-OH is 2. The van der Waals surface area contributed by atoms with Crippen molar-refractivity contribution in [1.29, 1.82) is 0 Å². The zero-order valence-corrected chi connectivity index (χ0v) is 19.9. The maximum absolute atomic E-state index is 9.18. The molecule has 0 heterocycles. The average molecular weight is 432 g/mol. The van der Waals surface area contributed by atoms with E-state index in [1.165, 1.54) is 49.8 Å². The second-order valence-electron chi connectivity index (χ2n) is 8.62. The first-order valence-corrected chi connectivity index (χ1v) is 13.7. The molecule has 6 heteroatoms. The topological polar surface area (TPSA) is 75.7 Å². The number of aliphatic hydroxyl groups is 2. The van der Waals surface area contributed by atoms with Gasteiger partial charge in [-0.25, -0.2) is 0 Å². The molecule has 0 unspecified atom stereocenters. The third kappa shape index (κ3) is 10.3. The Morgan fingerprint density at radius 1 is 0.929 bits per heavy atom. The molecule has 0 fully saturated rings. The Kier molecular flexibility index (Phi) is 14.1. The molecular weight excluding hydrogens is 390 g/mol. The monoisotopic (exact) mass is 431 g/mol. The molecule has 0 aromatic heterocycles. The predicted molar refractivity (Wildman–Crippen MR) is 125 cm³/mol. The molecule has 1 aromatic rings. The smallest absolute Gasteiger partial charge is 0.118 e. The lowest BCUT2D eigenvalue weighted by Crippen LogP contribution is -2.47. The SMILES string of the molecule is COc1cccc([Si](C)(C)CCCCCCCCCCC(N)(CO)CO)c1.Cl. The second kappa shape index (κ2) is 14.4. The van der Waals surface area contributed by atoms with Crippen LogP contribution in [-0.2, 0) is 0 Å². The number of halogens is 1. The molecule has 4 nitrogen and oxygen atoms in total. The Balaban J connectivity index is 0.00000729. The van der Waals surface area contributed by atoms with Crippen LogP contribution in [-0.4, -0.2) is 44.1 Å². The Morgan fingerprint density at radius 3 is 2.00 bits per heavy atom. The van der Waals surface area contributed by atoms with Gasteiger partial charge in [0, 0.05) is 0 Å². The van der Waals surface area contributed by atoms with Gasteiger partial charge in [0.15, 0.2) is 0 Å². The summed E-state index contributed by atoms with van der Waals surface area (Å²) in [6.07, 6.45) is 10.6. The van der Waals surface area contributed by atoms with E-state index in [9.17, 15) is 10.2 Å². The third-order valence-electron chi connectivity index (χ3n) is 5.71. The zero-order chi connectivity index (χ0) is 20.2. The van der Waals surface area contributed by atoms with Gasteiger partial charge in [-0.1, -0.05) is 87.8 Å². The van der Waals surface area contributed by atoms with Crippen LogP contribution in [0, 0.1) is 0 Å². The lowest BCUT2D eigenvalue weighted by atomic mass is 9.94. The summed E-state index contributed by atoms with van der Waals surface area (Å²) in [6, 6.07) is 9.95. The quantitative estimate of drug-likeness (QED) is 0.287. The summed E-state index contributed by atoms with van der Waals surface area (Å²) < 4.78 is 5.37. The summed E-state index contributed by atoms with van der Waals surface area (Å²) in [5.41, 5.74) is 5.09. The Labute approximate surface area is 179 Å². The predicted octanol–water partition coefficient (Wildman–Crippen LogP) is 4.23. The van der Waals surface area contributed by atoms with E-state index in [1.54, 1.807) is 7.11 Å². The fourth-order valence-electron chi connectivity index (χ4n) is 3.50. The summed E-state index contributed by atoms with van der Waals surface area (Å²) >= 11 is 0. The standard InChI is InChI=1S/C22H41NO3Si.ClH/c1-26-20-13-12-14-21(17-20)27(2,3)16-11-9-7-5-4-6-8-10-15-22(23,18-24)19-25;/h12-14,17,24-25H,4-11,15-16,18-19,23H2,1-3H3;1H. The molecule has 0 aliphatic rings. The van der Waals surface area contributed by atoms with Crippen LogP contribution in [0.5, 0.6) is 5.75 Å². The molecule has 0 aliphatic heterocycles. The van der Waals surface area contributed by atoms with E-state index >= 15 is 0 Å². The van der Waals surface area contributed by atoms with Crippen LogP contribution >= 0.6 is 12.4 Å². The normalized spacial score (nSPS) is 11.9. The van der Waals surface area contributed by atoms with E-state index in [0.29, 0.717) is 6.42 Å². The first-order chi connectivity index (χ1) is 12.9. The van der Waals surface area contributed by atoms with Crippen molar-refractivity contribution in [3.8, 4) is 5.75 Å². The highest BCUT2D eigenvalue weighted by atomic mass is 35.5. The van der Waals surface area contributed by atoms with Crippen LogP contribution in [0.4, 0.5) is 0 Å². The minimum absolute atomic E-state index is 0. The van der Waals surface area contributed by atoms with E-state index in [-0.39, 0.29) is 25.6 Å². The second-order valence-corrected chi connectivity index (χ2v) is 13.5. The Hall–Kier alpha value is -0.593. The zero-order valence-electron chi connectivity index (χ0n) is 18.1. The van der Waals surface area contributed by atoms with Crippen LogP contribution in [0.2, 0.25) is 19.1 Å². The summed E-state index contributed by atoms with van der Waals surface area (Å²) in [7, 11) is 0.364. The van der Waals surface area contributed by atoms with Crippen LogP contribution in [0.15, 0.2) is 24.3 Å². The van der Waals surface area contributed by atoms with Gasteiger partial charge in [0.05, 0.1) is 33.9 Å². The largest absolute Gasteiger partial charge is 0.497 e. The van der Waals surface area contributed by atoms with Gasteiger partial charge >= 0.3 is 0 Å². The van der Waals surface area contributed by atoms with Crippen molar-refractivity contribution in [2.24, 2.45) is 5.73 Å². The number of hydrogen-bond donors (Lipinski definition) is 3. The lowest BCUT2D eigenvalue weighted by molar-refractivity contribution is 0.112. The van der Waals surface area contributed by atoms with Crippen LogP contribution in [0.3, 0.4) is 0 Å². The molecule has 1 rings (SSSR count). The van der Waals surface area contributed by atoms with Gasteiger partial charge in [0.1, 0.15) is 5.75 Å². The fraction of sp³-hybridized carbons (Fsp3) is 0.727. The number of benzene rings is 1. The third-order valence-corrected chi connectivity index (χ3v) is 9.18. The number of ether oxygens (including phenoxy) is 1. The number of unbranched alkanes of at least 4 members (excludes halogenated alkanes) is 7. The number of methoxy groups -OCH3 is 1. The van der Waals surface area contributed by atoms with Crippen molar-refractivity contribution in [3.05, 3.63) is 24.3 Å². The van der Waals surface area contributed by atoms with Crippen molar-refractivity contribution >= 4 is 25.7 Å². The van der Waals surface area contributed by atoms with Gasteiger partial charge in [-0.05, 0) is 18.6 Å². The van der Waals surface area contributed by atoms with E-state index < -0.39 is 13.6 Å². The van der Waals surface area contributed by atoms with Crippen molar-refractivity contribution in [2.45, 2.75) is 82.5 Å². The molecule has 0 amide bonds. The molecule has 4 N–H and O–H groups in total. The number of nitrogens with two attached hydrogens (primary N) is 1. The van der Waals surface area contributed by atoms with Crippen LogP contribution < -0.4 is 15.7 Å². The fourth-order valence-corrected chi connectivity index (χ4v) is 6.00. The molecule has 0 bridgehead atoms. The summed E-state index contributed by atoms with van der Waals surface area (Å²) in [4.78, 5) is 0. The molecule has 0 saturated heterocycles. The average Bonchev–Trinajstić information content (AvgIpc) is 2.69. The molecule has 164 valence electrons. The molecule has 0 aliphatic carbocycles. The van der Waals surface area contributed by atoms with E-state index in [4.69, 9.17) is 10.5 Å². The first kappa shape index (κ1) is 27.4. The van der Waals surface area contributed by atoms with Gasteiger partial charge < -0.3 is 20.7 Å². The van der Waals surface area contributed by atoms with Gasteiger partial charge in [0.25, 0.3) is 0 Å². The number of rotatable bonds is 15. The van der Waals surface area contributed by atoms with Gasteiger partial charge in [-0.2, -0.15) is 0 Å². The van der Waals surface area contributed by atoms with Crippen molar-refractivity contribution in [2.75, 3.05) is 20.3 Å². The highest BCUT2D eigenvalue weighted by Gasteiger charge is 2.23. The maximum Gasteiger partial charge on any atom is 0.118 e. The molecule has 0 saturated carbocycles. The maximum atomic E-state index is 9.18. The van der Waals surface area contributed by atoms with Crippen molar-refractivity contribution in [1.82, 2.24) is 0 Å². The Bertz CT molecular complexity index is 524. The Morgan fingerprint density at radius 2 is 1.46 bits per heavy atom. The number of hydrogen-bond acceptors (Lipinski definition) is 4. The molecule has 0 radical (unpaired) electrons. The molecule has 0 atom stereocenters. The van der Waals surface area contributed by atoms with Gasteiger partial charge in [-0.3, -0.25) is 0 Å². The first-order valence-electron chi connectivity index (χ1n) is 10.5. The van der Waals surface area contributed by atoms with Crippen molar-refractivity contribution in [3.63, 3.8) is 0 Å². The molecule has 28 heavy (non-hydrogen) atoms. The minimum Gasteiger partial charge on any atom is -0.497 e. The lowest BCUT2D eigenvalue weighted by Gasteiger charge is -2.24. The van der Waals surface area contributed by atoms with Crippen LogP contribution in [0.25, 0.3) is 0 Å². The van der Waals surface area contributed by atoms with Crippen molar-refractivity contribution < 1.29 is 14.9 Å². The molecule has 0 spiro atoms. The summed E-state index contributed by atoms with van der Waals surface area (Å²) in [6.45, 7) is 4.63. The highest BCUT2D eigenvalue weighted by Crippen LogP contribution is 2.19. The van der Waals surface area contributed by atoms with E-state index in [1.807, 2.05) is 6.07 Å².